The van der Waals surface area contributed by atoms with Gasteiger partial charge in [-0.05, 0) is 44.0 Å². The van der Waals surface area contributed by atoms with E-state index in [-0.39, 0.29) is 18.5 Å². The summed E-state index contributed by atoms with van der Waals surface area (Å²) in [6.07, 6.45) is -2.84. The molecule has 1 atom stereocenters. The second-order valence-electron chi connectivity index (χ2n) is 7.63. The van der Waals surface area contributed by atoms with Gasteiger partial charge in [-0.1, -0.05) is 30.3 Å². The van der Waals surface area contributed by atoms with Crippen LogP contribution >= 0.6 is 0 Å². The molecule has 1 amide bonds. The number of halogens is 2. The van der Waals surface area contributed by atoms with E-state index in [2.05, 4.69) is 5.32 Å². The number of hydrogen-bond acceptors (Lipinski definition) is 5. The van der Waals surface area contributed by atoms with Gasteiger partial charge in [-0.3, -0.25) is 0 Å². The van der Waals surface area contributed by atoms with Crippen molar-refractivity contribution in [2.24, 2.45) is 0 Å². The Bertz CT molecular complexity index is 933. The summed E-state index contributed by atoms with van der Waals surface area (Å²) in [6, 6.07) is 10.3. The van der Waals surface area contributed by atoms with Crippen LogP contribution in [-0.2, 0) is 14.3 Å². The zero-order valence-corrected chi connectivity index (χ0v) is 17.3. The van der Waals surface area contributed by atoms with E-state index < -0.39 is 46.9 Å². The molecule has 9 heteroatoms. The van der Waals surface area contributed by atoms with Crippen LogP contribution in [0.2, 0.25) is 0 Å². The predicted octanol–water partition coefficient (Wildman–Crippen LogP) is 4.16. The Kier molecular flexibility index (Phi) is 7.68. The van der Waals surface area contributed by atoms with Crippen molar-refractivity contribution < 1.29 is 37.7 Å². The summed E-state index contributed by atoms with van der Waals surface area (Å²) in [7, 11) is 0. The normalized spacial score (nSPS) is 12.0. The number of alkyl carbamates (subject to hydrolysis) is 1. The molecule has 7 nitrogen and oxygen atoms in total. The fraction of sp³-hybridized carbons (Fsp3) is 0.318. The Labute approximate surface area is 178 Å². The zero-order valence-electron chi connectivity index (χ0n) is 17.3. The number of aliphatic carboxylic acids is 1. The Balaban J connectivity index is 2.07. The number of carbonyl (C=O) groups is 3. The Morgan fingerprint density at radius 2 is 1.61 bits per heavy atom. The first-order chi connectivity index (χ1) is 14.5. The third-order valence-electron chi connectivity index (χ3n) is 3.95. The highest BCUT2D eigenvalue weighted by Gasteiger charge is 2.28. The molecule has 0 heterocycles. The standard InChI is InChI=1S/C22H23F2NO6/c1-22(2,3)31-21(29)25-10-9-17(19(26)27)30-20(28)18-15(23)11-14(12-16(18)24)13-7-5-4-6-8-13/h4-8,11-12,17H,9-10H2,1-3H3,(H,25,29)(H,26,27)/t17-/m0/s1. The number of carboxylic acid groups (broad SMARTS) is 1. The molecule has 0 fully saturated rings. The highest BCUT2D eigenvalue weighted by atomic mass is 19.1. The number of ether oxygens (including phenoxy) is 2. The molecule has 2 aromatic carbocycles. The molecule has 0 spiro atoms. The number of carbonyl (C=O) groups excluding carboxylic acids is 2. The topological polar surface area (TPSA) is 102 Å². The molecule has 166 valence electrons. The maximum atomic E-state index is 14.5. The maximum absolute atomic E-state index is 14.5. The molecule has 0 unspecified atom stereocenters. The van der Waals surface area contributed by atoms with Crippen molar-refractivity contribution in [2.45, 2.75) is 38.9 Å². The van der Waals surface area contributed by atoms with Gasteiger partial charge in [0.2, 0.25) is 6.10 Å². The van der Waals surface area contributed by atoms with Crippen LogP contribution in [0.4, 0.5) is 13.6 Å². The average Bonchev–Trinajstić information content (AvgIpc) is 2.65. The fourth-order valence-electron chi connectivity index (χ4n) is 2.61. The van der Waals surface area contributed by atoms with Gasteiger partial charge in [0, 0.05) is 13.0 Å². The minimum atomic E-state index is -1.73. The van der Waals surface area contributed by atoms with Gasteiger partial charge in [-0.15, -0.1) is 0 Å². The number of amides is 1. The molecule has 0 aliphatic rings. The van der Waals surface area contributed by atoms with E-state index in [1.807, 2.05) is 0 Å². The number of rotatable bonds is 7. The van der Waals surface area contributed by atoms with Crippen molar-refractivity contribution in [3.8, 4) is 11.1 Å². The summed E-state index contributed by atoms with van der Waals surface area (Å²) >= 11 is 0. The lowest BCUT2D eigenvalue weighted by Gasteiger charge is -2.20. The van der Waals surface area contributed by atoms with E-state index in [1.165, 1.54) is 0 Å². The Morgan fingerprint density at radius 1 is 1.03 bits per heavy atom. The van der Waals surface area contributed by atoms with E-state index in [1.54, 1.807) is 51.1 Å². The second-order valence-corrected chi connectivity index (χ2v) is 7.63. The van der Waals surface area contributed by atoms with Gasteiger partial charge in [0.1, 0.15) is 22.8 Å². The molecule has 0 radical (unpaired) electrons. The minimum absolute atomic E-state index is 0.197. The average molecular weight is 435 g/mol. The van der Waals surface area contributed by atoms with Gasteiger partial charge in [0.25, 0.3) is 0 Å². The quantitative estimate of drug-likeness (QED) is 0.634. The van der Waals surface area contributed by atoms with Crippen LogP contribution in [0.3, 0.4) is 0 Å². The summed E-state index contributed by atoms with van der Waals surface area (Å²) in [5.74, 6) is -5.35. The lowest BCUT2D eigenvalue weighted by atomic mass is 10.0. The van der Waals surface area contributed by atoms with E-state index in [0.717, 1.165) is 12.1 Å². The summed E-state index contributed by atoms with van der Waals surface area (Å²) < 4.78 is 38.7. The maximum Gasteiger partial charge on any atom is 0.407 e. The van der Waals surface area contributed by atoms with Crippen LogP contribution in [0.1, 0.15) is 37.6 Å². The second kappa shape index (κ2) is 10.0. The third-order valence-corrected chi connectivity index (χ3v) is 3.95. The largest absolute Gasteiger partial charge is 0.479 e. The van der Waals surface area contributed by atoms with Crippen molar-refractivity contribution in [1.82, 2.24) is 5.32 Å². The van der Waals surface area contributed by atoms with Crippen molar-refractivity contribution in [2.75, 3.05) is 6.54 Å². The van der Waals surface area contributed by atoms with Crippen molar-refractivity contribution in [3.05, 3.63) is 59.7 Å². The summed E-state index contributed by atoms with van der Waals surface area (Å²) in [5, 5.41) is 11.6. The van der Waals surface area contributed by atoms with E-state index in [9.17, 15) is 28.3 Å². The van der Waals surface area contributed by atoms with Crippen LogP contribution in [0.25, 0.3) is 11.1 Å². The first-order valence-corrected chi connectivity index (χ1v) is 9.43. The number of esters is 1. The molecule has 2 rings (SSSR count). The van der Waals surface area contributed by atoms with Crippen LogP contribution in [0.5, 0.6) is 0 Å². The van der Waals surface area contributed by atoms with Gasteiger partial charge in [-0.2, -0.15) is 0 Å². The molecule has 0 saturated heterocycles. The minimum Gasteiger partial charge on any atom is -0.479 e. The van der Waals surface area contributed by atoms with Gasteiger partial charge >= 0.3 is 18.0 Å². The highest BCUT2D eigenvalue weighted by Crippen LogP contribution is 2.25. The Hall–Kier alpha value is -3.49. The predicted molar refractivity (Wildman–Crippen MR) is 107 cm³/mol. The zero-order chi connectivity index (χ0) is 23.2. The summed E-state index contributed by atoms with van der Waals surface area (Å²) in [5.41, 5.74) is -0.990. The molecule has 2 aromatic rings. The molecular weight excluding hydrogens is 412 g/mol. The monoisotopic (exact) mass is 435 g/mol. The number of carboxylic acids is 1. The van der Waals surface area contributed by atoms with Crippen molar-refractivity contribution in [1.29, 1.82) is 0 Å². The van der Waals surface area contributed by atoms with E-state index in [4.69, 9.17) is 9.47 Å². The smallest absolute Gasteiger partial charge is 0.407 e. The number of nitrogens with one attached hydrogen (secondary N) is 1. The summed E-state index contributed by atoms with van der Waals surface area (Å²) in [6.45, 7) is 4.76. The lowest BCUT2D eigenvalue weighted by Crippen LogP contribution is -2.36. The molecule has 2 N–H and O–H groups in total. The van der Waals surface area contributed by atoms with E-state index in [0.29, 0.717) is 5.56 Å². The molecule has 0 bridgehead atoms. The number of benzene rings is 2. The van der Waals surface area contributed by atoms with Crippen molar-refractivity contribution >= 4 is 18.0 Å². The van der Waals surface area contributed by atoms with Crippen LogP contribution < -0.4 is 5.32 Å². The van der Waals surface area contributed by atoms with Crippen LogP contribution in [0, 0.1) is 11.6 Å². The van der Waals surface area contributed by atoms with E-state index >= 15 is 0 Å². The molecule has 0 aromatic heterocycles. The molecule has 31 heavy (non-hydrogen) atoms. The van der Waals surface area contributed by atoms with Crippen LogP contribution in [-0.4, -0.2) is 41.4 Å². The SMILES string of the molecule is CC(C)(C)OC(=O)NCC[C@H](OC(=O)c1c(F)cc(-c2ccccc2)cc1F)C(=O)O. The summed E-state index contributed by atoms with van der Waals surface area (Å²) in [4.78, 5) is 35.2. The molecule has 0 aliphatic heterocycles. The van der Waals surface area contributed by atoms with Crippen molar-refractivity contribution in [3.63, 3.8) is 0 Å². The van der Waals surface area contributed by atoms with Crippen LogP contribution in [0.15, 0.2) is 42.5 Å². The van der Waals surface area contributed by atoms with Gasteiger partial charge in [-0.25, -0.2) is 23.2 Å². The highest BCUT2D eigenvalue weighted by molar-refractivity contribution is 5.92. The van der Waals surface area contributed by atoms with Gasteiger partial charge in [0.15, 0.2) is 0 Å². The fourth-order valence-corrected chi connectivity index (χ4v) is 2.61. The Morgan fingerprint density at radius 3 is 2.13 bits per heavy atom. The third kappa shape index (κ3) is 7.06. The first-order valence-electron chi connectivity index (χ1n) is 9.43. The van der Waals surface area contributed by atoms with Gasteiger partial charge < -0.3 is 19.9 Å². The molecule has 0 saturated carbocycles. The van der Waals surface area contributed by atoms with Gasteiger partial charge in [0.05, 0.1) is 0 Å². The lowest BCUT2D eigenvalue weighted by molar-refractivity contribution is -0.147. The first kappa shape index (κ1) is 23.8. The molecular formula is C22H23F2NO6. The number of hydrogen-bond donors (Lipinski definition) is 2. The molecule has 0 aliphatic carbocycles.